The first kappa shape index (κ1) is 13.5. The van der Waals surface area contributed by atoms with Crippen molar-refractivity contribution in [1.82, 2.24) is 0 Å². The van der Waals surface area contributed by atoms with Crippen molar-refractivity contribution in [2.45, 2.75) is 40.3 Å². The molecule has 14 heavy (non-hydrogen) atoms. The van der Waals surface area contributed by atoms with Crippen LogP contribution in [0.2, 0.25) is 0 Å². The van der Waals surface area contributed by atoms with Gasteiger partial charge in [-0.25, -0.2) is 0 Å². The van der Waals surface area contributed by atoms with Gasteiger partial charge in [0.05, 0.1) is 0 Å². The van der Waals surface area contributed by atoms with E-state index in [4.69, 9.17) is 0 Å². The minimum Gasteiger partial charge on any atom is -0.299 e. The van der Waals surface area contributed by atoms with Crippen molar-refractivity contribution in [3.05, 3.63) is 0 Å². The topological polar surface area (TPSA) is 17.1 Å². The molecule has 0 rings (SSSR count). The number of hydrogen-bond acceptors (Lipinski definition) is 1. The van der Waals surface area contributed by atoms with Gasteiger partial charge in [0.2, 0.25) is 0 Å². The Bertz CT molecular complexity index is 194. The monoisotopic (exact) mass is 210 g/mol. The maximum absolute atomic E-state index is 12.5. The molecule has 0 radical (unpaired) electrons. The zero-order valence-corrected chi connectivity index (χ0v) is 8.98. The number of hydrogen-bond donors (Lipinski definition) is 0. The Morgan fingerprint density at radius 1 is 1.14 bits per heavy atom. The van der Waals surface area contributed by atoms with Crippen LogP contribution in [0, 0.1) is 17.8 Å². The van der Waals surface area contributed by atoms with Crippen LogP contribution in [0.25, 0.3) is 0 Å². The Kier molecular flexibility index (Phi) is 4.62. The summed E-state index contributed by atoms with van der Waals surface area (Å²) >= 11 is 0. The van der Waals surface area contributed by atoms with E-state index in [0.717, 1.165) is 0 Å². The molecule has 0 spiro atoms. The first-order valence-electron chi connectivity index (χ1n) is 4.76. The van der Waals surface area contributed by atoms with Gasteiger partial charge in [0, 0.05) is 5.92 Å². The lowest BCUT2D eigenvalue weighted by Gasteiger charge is -2.22. The Hall–Kier alpha value is -0.540. The molecule has 1 atom stereocenters. The average Bonchev–Trinajstić information content (AvgIpc) is 1.96. The van der Waals surface area contributed by atoms with Crippen LogP contribution >= 0.6 is 0 Å². The molecule has 0 aliphatic rings. The van der Waals surface area contributed by atoms with Gasteiger partial charge in [-0.15, -0.1) is 0 Å². The standard InChI is InChI=1S/C10H17F3O/c1-6(2)5-8(10(11,12)13)9(14)7(3)4/h6-8H,5H2,1-4H3/t8-/m0/s1. The molecule has 0 heterocycles. The number of carbonyl (C=O) groups is 1. The van der Waals surface area contributed by atoms with E-state index in [2.05, 4.69) is 0 Å². The highest BCUT2D eigenvalue weighted by Crippen LogP contribution is 2.33. The molecule has 0 N–H and O–H groups in total. The molecule has 0 unspecified atom stereocenters. The van der Waals surface area contributed by atoms with Gasteiger partial charge in [-0.2, -0.15) is 13.2 Å². The number of Topliss-reactive ketones (excluding diaryl/α,β-unsaturated/α-hetero) is 1. The normalized spacial score (nSPS) is 14.9. The second kappa shape index (κ2) is 4.80. The minimum absolute atomic E-state index is 0.111. The molecule has 0 saturated heterocycles. The Balaban J connectivity index is 4.65. The highest BCUT2D eigenvalue weighted by Gasteiger charge is 2.44. The predicted octanol–water partition coefficient (Wildman–Crippen LogP) is 3.44. The van der Waals surface area contributed by atoms with E-state index in [1.165, 1.54) is 13.8 Å². The van der Waals surface area contributed by atoms with Crippen LogP contribution in [0.5, 0.6) is 0 Å². The van der Waals surface area contributed by atoms with Gasteiger partial charge in [-0.3, -0.25) is 4.79 Å². The van der Waals surface area contributed by atoms with Crippen molar-refractivity contribution >= 4 is 5.78 Å². The quantitative estimate of drug-likeness (QED) is 0.694. The van der Waals surface area contributed by atoms with Crippen LogP contribution in [-0.2, 0) is 4.79 Å². The van der Waals surface area contributed by atoms with Crippen molar-refractivity contribution < 1.29 is 18.0 Å². The number of halogens is 3. The van der Waals surface area contributed by atoms with Crippen LogP contribution in [0.15, 0.2) is 0 Å². The zero-order chi connectivity index (χ0) is 11.5. The van der Waals surface area contributed by atoms with Crippen LogP contribution in [-0.4, -0.2) is 12.0 Å². The van der Waals surface area contributed by atoms with Crippen molar-refractivity contribution in [3.63, 3.8) is 0 Å². The highest BCUT2D eigenvalue weighted by molar-refractivity contribution is 5.83. The lowest BCUT2D eigenvalue weighted by atomic mass is 9.88. The summed E-state index contributed by atoms with van der Waals surface area (Å²) < 4.78 is 37.4. The largest absolute Gasteiger partial charge is 0.398 e. The molecule has 0 aliphatic heterocycles. The maximum atomic E-state index is 12.5. The van der Waals surface area contributed by atoms with Gasteiger partial charge < -0.3 is 0 Å². The molecule has 0 saturated carbocycles. The molecule has 1 nitrogen and oxygen atoms in total. The summed E-state index contributed by atoms with van der Waals surface area (Å²) in [5.41, 5.74) is 0. The van der Waals surface area contributed by atoms with Gasteiger partial charge in [-0.05, 0) is 12.3 Å². The maximum Gasteiger partial charge on any atom is 0.398 e. The van der Waals surface area contributed by atoms with Gasteiger partial charge in [0.25, 0.3) is 0 Å². The Morgan fingerprint density at radius 3 is 1.79 bits per heavy atom. The van der Waals surface area contributed by atoms with E-state index in [9.17, 15) is 18.0 Å². The van der Waals surface area contributed by atoms with Gasteiger partial charge in [0.1, 0.15) is 11.7 Å². The third-order valence-electron chi connectivity index (χ3n) is 2.01. The summed E-state index contributed by atoms with van der Waals surface area (Å²) in [6, 6.07) is 0. The average molecular weight is 210 g/mol. The fourth-order valence-electron chi connectivity index (χ4n) is 1.28. The fourth-order valence-corrected chi connectivity index (χ4v) is 1.28. The van der Waals surface area contributed by atoms with E-state index in [0.29, 0.717) is 0 Å². The van der Waals surface area contributed by atoms with E-state index in [1.54, 1.807) is 13.8 Å². The molecular weight excluding hydrogens is 193 g/mol. The lowest BCUT2D eigenvalue weighted by Crippen LogP contribution is -2.34. The van der Waals surface area contributed by atoms with E-state index < -0.39 is 23.8 Å². The van der Waals surface area contributed by atoms with Crippen molar-refractivity contribution in [3.8, 4) is 0 Å². The minimum atomic E-state index is -4.40. The zero-order valence-electron chi connectivity index (χ0n) is 8.98. The first-order chi connectivity index (χ1) is 6.16. The molecule has 0 aromatic rings. The number of alkyl halides is 3. The molecule has 4 heteroatoms. The number of rotatable bonds is 4. The van der Waals surface area contributed by atoms with E-state index >= 15 is 0 Å². The van der Waals surface area contributed by atoms with Crippen LogP contribution in [0.3, 0.4) is 0 Å². The Morgan fingerprint density at radius 2 is 1.57 bits per heavy atom. The predicted molar refractivity (Wildman–Crippen MR) is 48.8 cm³/mol. The highest BCUT2D eigenvalue weighted by atomic mass is 19.4. The van der Waals surface area contributed by atoms with Gasteiger partial charge in [-0.1, -0.05) is 27.7 Å². The molecule has 0 bridgehead atoms. The van der Waals surface area contributed by atoms with Crippen molar-refractivity contribution in [2.24, 2.45) is 17.8 Å². The second-order valence-electron chi connectivity index (χ2n) is 4.28. The third kappa shape index (κ3) is 4.11. The van der Waals surface area contributed by atoms with Crippen LogP contribution < -0.4 is 0 Å². The molecule has 84 valence electrons. The summed E-state index contributed by atoms with van der Waals surface area (Å²) in [5.74, 6) is -3.17. The molecule has 0 aromatic heterocycles. The van der Waals surface area contributed by atoms with Crippen molar-refractivity contribution in [1.29, 1.82) is 0 Å². The summed E-state index contributed by atoms with van der Waals surface area (Å²) in [5, 5.41) is 0. The van der Waals surface area contributed by atoms with E-state index in [-0.39, 0.29) is 12.3 Å². The number of carbonyl (C=O) groups excluding carboxylic acids is 1. The SMILES string of the molecule is CC(C)C[C@@H](C(=O)C(C)C)C(F)(F)F. The molecule has 0 fully saturated rings. The molecule has 0 aliphatic carbocycles. The summed E-state index contributed by atoms with van der Waals surface area (Å²) in [6.45, 7) is 6.38. The fraction of sp³-hybridized carbons (Fsp3) is 0.900. The first-order valence-corrected chi connectivity index (χ1v) is 4.76. The van der Waals surface area contributed by atoms with E-state index in [1.807, 2.05) is 0 Å². The van der Waals surface area contributed by atoms with Gasteiger partial charge >= 0.3 is 6.18 Å². The molecule has 0 aromatic carbocycles. The lowest BCUT2D eigenvalue weighted by molar-refractivity contribution is -0.186. The second-order valence-corrected chi connectivity index (χ2v) is 4.28. The third-order valence-corrected chi connectivity index (χ3v) is 2.01. The van der Waals surface area contributed by atoms with Crippen LogP contribution in [0.4, 0.5) is 13.2 Å². The van der Waals surface area contributed by atoms with Gasteiger partial charge in [0.15, 0.2) is 0 Å². The summed E-state index contributed by atoms with van der Waals surface area (Å²) in [4.78, 5) is 11.3. The molecule has 0 amide bonds. The number of ketones is 1. The van der Waals surface area contributed by atoms with Crippen molar-refractivity contribution in [2.75, 3.05) is 0 Å². The Labute approximate surface area is 82.7 Å². The summed E-state index contributed by atoms with van der Waals surface area (Å²) in [6.07, 6.45) is -4.51. The summed E-state index contributed by atoms with van der Waals surface area (Å²) in [7, 11) is 0. The molecular formula is C10H17F3O. The smallest absolute Gasteiger partial charge is 0.299 e. The van der Waals surface area contributed by atoms with Crippen LogP contribution in [0.1, 0.15) is 34.1 Å².